The Morgan fingerprint density at radius 2 is 1.70 bits per heavy atom. The first kappa shape index (κ1) is 31.0. The van der Waals surface area contributed by atoms with Gasteiger partial charge in [-0.3, -0.25) is 9.59 Å². The number of halogens is 4. The standard InChI is InChI=1S/C31H29F4N5O3/c1-16(2)30(4,14-36)40-27(41)21-12-19(10-11-23(21)32)20-13-22-24(28(42)37-5)25(18-8-6-17(3)7-9-18)43-29(22)39-26(20)38-15-31(33,34)35/h6-13,16H,15H2,1-5H3,(H,37,42)(H,38,39)(H,40,41). The Morgan fingerprint density at radius 1 is 1.05 bits per heavy atom. The number of rotatable bonds is 8. The second-order valence-electron chi connectivity index (χ2n) is 10.6. The van der Waals surface area contributed by atoms with Gasteiger partial charge in [0.05, 0.1) is 22.6 Å². The molecule has 224 valence electrons. The second kappa shape index (κ2) is 11.8. The van der Waals surface area contributed by atoms with Gasteiger partial charge in [0.15, 0.2) is 0 Å². The van der Waals surface area contributed by atoms with Crippen LogP contribution in [0.4, 0.5) is 23.4 Å². The summed E-state index contributed by atoms with van der Waals surface area (Å²) < 4.78 is 60.6. The molecule has 0 aliphatic rings. The zero-order chi connectivity index (χ0) is 31.7. The molecule has 0 radical (unpaired) electrons. The van der Waals surface area contributed by atoms with Crippen molar-refractivity contribution in [3.05, 3.63) is 71.0 Å². The maximum atomic E-state index is 14.9. The molecule has 0 fully saturated rings. The first-order valence-corrected chi connectivity index (χ1v) is 13.3. The van der Waals surface area contributed by atoms with Gasteiger partial charge in [0, 0.05) is 18.2 Å². The zero-order valence-corrected chi connectivity index (χ0v) is 24.0. The number of nitrogens with one attached hydrogen (secondary N) is 3. The molecule has 1 unspecified atom stereocenters. The number of alkyl halides is 3. The number of hydrogen-bond acceptors (Lipinski definition) is 6. The number of nitriles is 1. The minimum atomic E-state index is -4.61. The summed E-state index contributed by atoms with van der Waals surface area (Å²) in [5.74, 6) is -2.73. The molecule has 0 spiro atoms. The van der Waals surface area contributed by atoms with Crippen molar-refractivity contribution in [3.63, 3.8) is 0 Å². The largest absolute Gasteiger partial charge is 0.437 e. The molecule has 0 aliphatic heterocycles. The fourth-order valence-electron chi connectivity index (χ4n) is 4.29. The highest BCUT2D eigenvalue weighted by molar-refractivity contribution is 6.11. The van der Waals surface area contributed by atoms with Crippen LogP contribution in [-0.4, -0.2) is 42.1 Å². The normalized spacial score (nSPS) is 13.0. The van der Waals surface area contributed by atoms with E-state index in [4.69, 9.17) is 4.42 Å². The van der Waals surface area contributed by atoms with E-state index in [1.807, 2.05) is 25.1 Å². The van der Waals surface area contributed by atoms with E-state index in [1.165, 1.54) is 26.1 Å². The van der Waals surface area contributed by atoms with Crippen molar-refractivity contribution >= 4 is 28.7 Å². The van der Waals surface area contributed by atoms with Crippen molar-refractivity contribution in [2.75, 3.05) is 18.9 Å². The average molecular weight is 596 g/mol. The van der Waals surface area contributed by atoms with Gasteiger partial charge >= 0.3 is 6.18 Å². The molecule has 0 saturated carbocycles. The lowest BCUT2D eigenvalue weighted by molar-refractivity contribution is -0.115. The van der Waals surface area contributed by atoms with Crippen LogP contribution in [0, 0.1) is 30.0 Å². The Hall–Kier alpha value is -4.92. The minimum Gasteiger partial charge on any atom is -0.437 e. The monoisotopic (exact) mass is 595 g/mol. The highest BCUT2D eigenvalue weighted by Gasteiger charge is 2.32. The molecule has 3 N–H and O–H groups in total. The van der Waals surface area contributed by atoms with Crippen molar-refractivity contribution in [3.8, 4) is 28.5 Å². The number of furan rings is 1. The number of aromatic nitrogens is 1. The molecule has 2 amide bonds. The maximum Gasteiger partial charge on any atom is 0.405 e. The molecule has 4 rings (SSSR count). The van der Waals surface area contributed by atoms with Gasteiger partial charge in [-0.15, -0.1) is 0 Å². The summed E-state index contributed by atoms with van der Waals surface area (Å²) in [5.41, 5.74) is -0.0662. The summed E-state index contributed by atoms with van der Waals surface area (Å²) in [6, 6.07) is 14.0. The molecule has 0 aliphatic carbocycles. The third-order valence-corrected chi connectivity index (χ3v) is 7.19. The number of fused-ring (bicyclic) bond motifs is 1. The predicted molar refractivity (Wildman–Crippen MR) is 154 cm³/mol. The van der Waals surface area contributed by atoms with Crippen LogP contribution >= 0.6 is 0 Å². The van der Waals surface area contributed by atoms with Crippen molar-refractivity contribution in [1.82, 2.24) is 15.6 Å². The van der Waals surface area contributed by atoms with E-state index in [9.17, 15) is 32.4 Å². The van der Waals surface area contributed by atoms with E-state index in [-0.39, 0.29) is 45.3 Å². The number of hydrogen-bond donors (Lipinski definition) is 3. The molecule has 0 saturated heterocycles. The van der Waals surface area contributed by atoms with E-state index >= 15 is 0 Å². The fourth-order valence-corrected chi connectivity index (χ4v) is 4.29. The highest BCUT2D eigenvalue weighted by Crippen LogP contribution is 2.38. The molecule has 0 bridgehead atoms. The highest BCUT2D eigenvalue weighted by atomic mass is 19.4. The SMILES string of the molecule is CNC(=O)c1c(-c2ccc(C)cc2)oc2nc(NCC(F)(F)F)c(-c3ccc(F)c(C(=O)NC(C)(C#N)C(C)C)c3)cc12. The quantitative estimate of drug-likeness (QED) is 0.197. The molecule has 8 nitrogen and oxygen atoms in total. The van der Waals surface area contributed by atoms with E-state index in [2.05, 4.69) is 20.9 Å². The molecule has 12 heteroatoms. The van der Waals surface area contributed by atoms with Gasteiger partial charge in [-0.05, 0) is 43.5 Å². The summed E-state index contributed by atoms with van der Waals surface area (Å²) in [6.07, 6.45) is -4.61. The molecule has 1 atom stereocenters. The Morgan fingerprint density at radius 3 is 2.28 bits per heavy atom. The molecule has 43 heavy (non-hydrogen) atoms. The Bertz CT molecular complexity index is 1740. The summed E-state index contributed by atoms with van der Waals surface area (Å²) in [5, 5.41) is 17.1. The number of pyridine rings is 1. The second-order valence-corrected chi connectivity index (χ2v) is 10.6. The van der Waals surface area contributed by atoms with Crippen LogP contribution in [0.3, 0.4) is 0 Å². The van der Waals surface area contributed by atoms with E-state index in [0.29, 0.717) is 5.56 Å². The average Bonchev–Trinajstić information content (AvgIpc) is 3.33. The number of benzene rings is 2. The van der Waals surface area contributed by atoms with Gasteiger partial charge in [-0.25, -0.2) is 4.39 Å². The van der Waals surface area contributed by atoms with Crippen LogP contribution in [0.25, 0.3) is 33.6 Å². The first-order valence-electron chi connectivity index (χ1n) is 13.3. The molecule has 2 heterocycles. The zero-order valence-electron chi connectivity index (χ0n) is 24.0. The Kier molecular flexibility index (Phi) is 8.48. The molecular formula is C31H29F4N5O3. The number of aryl methyl sites for hydroxylation is 1. The summed E-state index contributed by atoms with van der Waals surface area (Å²) in [7, 11) is 1.42. The van der Waals surface area contributed by atoms with Crippen molar-refractivity contribution in [1.29, 1.82) is 5.26 Å². The summed E-state index contributed by atoms with van der Waals surface area (Å²) >= 11 is 0. The predicted octanol–water partition coefficient (Wildman–Crippen LogP) is 6.61. The van der Waals surface area contributed by atoms with Crippen LogP contribution in [0.2, 0.25) is 0 Å². The van der Waals surface area contributed by atoms with Crippen LogP contribution in [-0.2, 0) is 0 Å². The third-order valence-electron chi connectivity index (χ3n) is 7.19. The summed E-state index contributed by atoms with van der Waals surface area (Å²) in [6.45, 7) is 5.37. The number of carbonyl (C=O) groups excluding carboxylic acids is 2. The Balaban J connectivity index is 1.94. The van der Waals surface area contributed by atoms with Gasteiger partial charge in [0.25, 0.3) is 11.8 Å². The number of nitrogens with zero attached hydrogens (tertiary/aromatic N) is 2. The molecule has 4 aromatic rings. The van der Waals surface area contributed by atoms with Crippen LogP contribution in [0.15, 0.2) is 52.9 Å². The van der Waals surface area contributed by atoms with Gasteiger partial charge in [-0.2, -0.15) is 23.4 Å². The van der Waals surface area contributed by atoms with Gasteiger partial charge in [0.2, 0.25) is 5.71 Å². The van der Waals surface area contributed by atoms with E-state index in [0.717, 1.165) is 17.7 Å². The maximum absolute atomic E-state index is 14.9. The molecular weight excluding hydrogens is 566 g/mol. The van der Waals surface area contributed by atoms with Crippen molar-refractivity contribution in [2.24, 2.45) is 5.92 Å². The molecule has 2 aromatic carbocycles. The minimum absolute atomic E-state index is 0.0547. The topological polar surface area (TPSA) is 120 Å². The lowest BCUT2D eigenvalue weighted by atomic mass is 9.89. The fraction of sp³-hybridized carbons (Fsp3) is 0.290. The van der Waals surface area contributed by atoms with Crippen LogP contribution < -0.4 is 16.0 Å². The number of amides is 2. The van der Waals surface area contributed by atoms with Crippen LogP contribution in [0.1, 0.15) is 47.1 Å². The third kappa shape index (κ3) is 6.45. The lowest BCUT2D eigenvalue weighted by Gasteiger charge is -2.27. The molecule has 2 aromatic heterocycles. The number of anilines is 1. The van der Waals surface area contributed by atoms with Crippen molar-refractivity contribution < 1.29 is 31.6 Å². The van der Waals surface area contributed by atoms with Gasteiger partial charge in [0.1, 0.15) is 29.5 Å². The smallest absolute Gasteiger partial charge is 0.405 e. The number of carbonyl (C=O) groups is 2. The first-order chi connectivity index (χ1) is 20.2. The summed E-state index contributed by atoms with van der Waals surface area (Å²) in [4.78, 5) is 30.4. The Labute approximate surface area is 245 Å². The van der Waals surface area contributed by atoms with Gasteiger partial charge < -0.3 is 20.4 Å². The lowest BCUT2D eigenvalue weighted by Crippen LogP contribution is -2.49. The van der Waals surface area contributed by atoms with Crippen LogP contribution in [0.5, 0.6) is 0 Å². The van der Waals surface area contributed by atoms with Crippen molar-refractivity contribution in [2.45, 2.75) is 39.4 Å². The van der Waals surface area contributed by atoms with E-state index < -0.39 is 41.5 Å². The van der Waals surface area contributed by atoms with Gasteiger partial charge in [-0.1, -0.05) is 49.7 Å². The van der Waals surface area contributed by atoms with E-state index in [1.54, 1.807) is 26.0 Å².